The van der Waals surface area contributed by atoms with Gasteiger partial charge in [-0.2, -0.15) is 0 Å². The molecule has 2 N–H and O–H groups in total. The van der Waals surface area contributed by atoms with Gasteiger partial charge in [0.2, 0.25) is 0 Å². The van der Waals surface area contributed by atoms with Crippen LogP contribution in [0.3, 0.4) is 0 Å². The highest BCUT2D eigenvalue weighted by atomic mass is 16.5. The molecule has 0 saturated carbocycles. The van der Waals surface area contributed by atoms with E-state index in [9.17, 15) is 0 Å². The molecule has 4 heteroatoms. The van der Waals surface area contributed by atoms with Crippen molar-refractivity contribution in [2.75, 3.05) is 14.2 Å². The van der Waals surface area contributed by atoms with E-state index in [0.717, 1.165) is 16.7 Å². The van der Waals surface area contributed by atoms with Gasteiger partial charge in [-0.05, 0) is 30.2 Å². The third kappa shape index (κ3) is 2.53. The summed E-state index contributed by atoms with van der Waals surface area (Å²) in [6.45, 7) is 2.02. The van der Waals surface area contributed by atoms with Crippen molar-refractivity contribution in [2.45, 2.75) is 13.0 Å². The van der Waals surface area contributed by atoms with Crippen LogP contribution in [0.2, 0.25) is 0 Å². The molecule has 4 nitrogen and oxygen atoms in total. The number of hydrogen-bond acceptors (Lipinski definition) is 4. The second kappa shape index (κ2) is 5.71. The van der Waals surface area contributed by atoms with Gasteiger partial charge in [-0.3, -0.25) is 4.98 Å². The minimum atomic E-state index is -0.293. The maximum atomic E-state index is 6.34. The molecule has 0 radical (unpaired) electrons. The van der Waals surface area contributed by atoms with E-state index in [-0.39, 0.29) is 6.04 Å². The molecule has 1 unspecified atom stereocenters. The topological polar surface area (TPSA) is 57.4 Å². The normalized spacial score (nSPS) is 12.0. The van der Waals surface area contributed by atoms with Crippen molar-refractivity contribution >= 4 is 0 Å². The molecule has 1 atom stereocenters. The zero-order valence-electron chi connectivity index (χ0n) is 11.4. The molecule has 2 aromatic rings. The summed E-state index contributed by atoms with van der Waals surface area (Å²) in [5, 5.41) is 0. The van der Waals surface area contributed by atoms with Crippen LogP contribution in [0.5, 0.6) is 11.5 Å². The van der Waals surface area contributed by atoms with Crippen LogP contribution in [0.15, 0.2) is 36.7 Å². The molecule has 1 heterocycles. The Hall–Kier alpha value is -2.07. The maximum Gasteiger partial charge on any atom is 0.165 e. The van der Waals surface area contributed by atoms with Crippen molar-refractivity contribution in [3.05, 3.63) is 53.3 Å². The third-order valence-electron chi connectivity index (χ3n) is 3.18. The molecule has 0 aliphatic heterocycles. The number of benzene rings is 1. The maximum absolute atomic E-state index is 6.34. The van der Waals surface area contributed by atoms with Gasteiger partial charge < -0.3 is 15.2 Å². The van der Waals surface area contributed by atoms with Gasteiger partial charge in [0, 0.05) is 18.0 Å². The summed E-state index contributed by atoms with van der Waals surface area (Å²) in [7, 11) is 3.23. The van der Waals surface area contributed by atoms with Gasteiger partial charge in [0.05, 0.1) is 20.3 Å². The van der Waals surface area contributed by atoms with Crippen molar-refractivity contribution in [3.8, 4) is 11.5 Å². The summed E-state index contributed by atoms with van der Waals surface area (Å²) >= 11 is 0. The molecule has 0 saturated heterocycles. The van der Waals surface area contributed by atoms with Gasteiger partial charge in [0.25, 0.3) is 0 Å². The minimum Gasteiger partial charge on any atom is -0.493 e. The van der Waals surface area contributed by atoms with Gasteiger partial charge in [-0.1, -0.05) is 12.1 Å². The van der Waals surface area contributed by atoms with Crippen LogP contribution in [0.4, 0.5) is 0 Å². The van der Waals surface area contributed by atoms with Gasteiger partial charge in [-0.15, -0.1) is 0 Å². The Balaban J connectivity index is 2.50. The number of pyridine rings is 1. The van der Waals surface area contributed by atoms with Gasteiger partial charge >= 0.3 is 0 Å². The van der Waals surface area contributed by atoms with Crippen LogP contribution in [-0.2, 0) is 0 Å². The molecule has 0 spiro atoms. The molecule has 0 aliphatic carbocycles. The quantitative estimate of drug-likeness (QED) is 0.915. The van der Waals surface area contributed by atoms with E-state index in [1.54, 1.807) is 26.6 Å². The van der Waals surface area contributed by atoms with Crippen LogP contribution in [0.1, 0.15) is 22.7 Å². The number of nitrogens with zero attached hydrogens (tertiary/aromatic N) is 1. The van der Waals surface area contributed by atoms with E-state index in [1.807, 2.05) is 31.2 Å². The van der Waals surface area contributed by atoms with Crippen molar-refractivity contribution < 1.29 is 9.47 Å². The average molecular weight is 258 g/mol. The molecular weight excluding hydrogens is 240 g/mol. The fourth-order valence-corrected chi connectivity index (χ4v) is 2.13. The summed E-state index contributed by atoms with van der Waals surface area (Å²) < 4.78 is 10.7. The number of rotatable bonds is 4. The monoisotopic (exact) mass is 258 g/mol. The predicted molar refractivity (Wildman–Crippen MR) is 74.6 cm³/mol. The number of aryl methyl sites for hydroxylation is 1. The van der Waals surface area contributed by atoms with Crippen LogP contribution in [-0.4, -0.2) is 19.2 Å². The number of hydrogen-bond donors (Lipinski definition) is 1. The zero-order valence-corrected chi connectivity index (χ0v) is 11.4. The molecular formula is C15H18N2O2. The fourth-order valence-electron chi connectivity index (χ4n) is 2.13. The highest BCUT2D eigenvalue weighted by Gasteiger charge is 2.18. The Morgan fingerprint density at radius 3 is 2.53 bits per heavy atom. The lowest BCUT2D eigenvalue weighted by atomic mass is 9.96. The van der Waals surface area contributed by atoms with Crippen LogP contribution >= 0.6 is 0 Å². The van der Waals surface area contributed by atoms with E-state index in [1.165, 1.54) is 0 Å². The SMILES string of the molecule is COc1cccc(C(N)c2cnccc2C)c1OC. The summed E-state index contributed by atoms with van der Waals surface area (Å²) in [4.78, 5) is 4.14. The summed E-state index contributed by atoms with van der Waals surface area (Å²) in [6, 6.07) is 7.35. The first-order chi connectivity index (χ1) is 9.19. The minimum absolute atomic E-state index is 0.293. The summed E-state index contributed by atoms with van der Waals surface area (Å²) in [6.07, 6.45) is 3.55. The van der Waals surface area contributed by atoms with E-state index >= 15 is 0 Å². The Bertz CT molecular complexity index is 570. The Morgan fingerprint density at radius 1 is 1.11 bits per heavy atom. The lowest BCUT2D eigenvalue weighted by molar-refractivity contribution is 0.350. The van der Waals surface area contributed by atoms with Crippen molar-refractivity contribution in [2.24, 2.45) is 5.73 Å². The predicted octanol–water partition coefficient (Wildman–Crippen LogP) is 2.46. The molecule has 0 amide bonds. The van der Waals surface area contributed by atoms with Crippen LogP contribution < -0.4 is 15.2 Å². The van der Waals surface area contributed by atoms with Gasteiger partial charge in [0.15, 0.2) is 11.5 Å². The number of ether oxygens (including phenoxy) is 2. The molecule has 2 rings (SSSR count). The number of nitrogens with two attached hydrogens (primary N) is 1. The Kier molecular flexibility index (Phi) is 4.02. The standard InChI is InChI=1S/C15H18N2O2/c1-10-7-8-17-9-12(10)14(16)11-5-4-6-13(18-2)15(11)19-3/h4-9,14H,16H2,1-3H3. The Labute approximate surface area is 113 Å². The third-order valence-corrected chi connectivity index (χ3v) is 3.18. The Morgan fingerprint density at radius 2 is 1.89 bits per heavy atom. The first kappa shape index (κ1) is 13.4. The van der Waals surface area contributed by atoms with E-state index in [2.05, 4.69) is 4.98 Å². The second-order valence-electron chi connectivity index (χ2n) is 4.29. The molecule has 0 fully saturated rings. The first-order valence-corrected chi connectivity index (χ1v) is 6.06. The van der Waals surface area contributed by atoms with Crippen molar-refractivity contribution in [1.82, 2.24) is 4.98 Å². The zero-order chi connectivity index (χ0) is 13.8. The van der Waals surface area contributed by atoms with E-state index in [0.29, 0.717) is 11.5 Å². The lowest BCUT2D eigenvalue weighted by Crippen LogP contribution is -2.15. The number of para-hydroxylation sites is 1. The smallest absolute Gasteiger partial charge is 0.165 e. The van der Waals surface area contributed by atoms with Crippen molar-refractivity contribution in [1.29, 1.82) is 0 Å². The second-order valence-corrected chi connectivity index (χ2v) is 4.29. The molecule has 1 aromatic carbocycles. The number of aromatic nitrogens is 1. The van der Waals surface area contributed by atoms with Crippen molar-refractivity contribution in [3.63, 3.8) is 0 Å². The van der Waals surface area contributed by atoms with Gasteiger partial charge in [-0.25, -0.2) is 0 Å². The lowest BCUT2D eigenvalue weighted by Gasteiger charge is -2.19. The summed E-state index contributed by atoms with van der Waals surface area (Å²) in [5.74, 6) is 1.35. The summed E-state index contributed by atoms with van der Waals surface area (Å²) in [5.41, 5.74) is 9.31. The highest BCUT2D eigenvalue weighted by Crippen LogP contribution is 2.36. The molecule has 0 aliphatic rings. The van der Waals surface area contributed by atoms with Crippen LogP contribution in [0, 0.1) is 6.92 Å². The first-order valence-electron chi connectivity index (χ1n) is 6.06. The van der Waals surface area contributed by atoms with Gasteiger partial charge in [0.1, 0.15) is 0 Å². The van der Waals surface area contributed by atoms with Crippen LogP contribution in [0.25, 0.3) is 0 Å². The molecule has 100 valence electrons. The fraction of sp³-hybridized carbons (Fsp3) is 0.267. The largest absolute Gasteiger partial charge is 0.493 e. The number of methoxy groups -OCH3 is 2. The highest BCUT2D eigenvalue weighted by molar-refractivity contribution is 5.51. The average Bonchev–Trinajstić information content (AvgIpc) is 2.46. The van der Waals surface area contributed by atoms with E-state index in [4.69, 9.17) is 15.2 Å². The molecule has 0 bridgehead atoms. The van der Waals surface area contributed by atoms with E-state index < -0.39 is 0 Å². The molecule has 1 aromatic heterocycles. The molecule has 19 heavy (non-hydrogen) atoms.